The standard InChI is InChI=1S/C11H13ClO2/c1-7-4-5-8(2)11(9(7)3)14-6-10(12)13/h4-5H,6H2,1-3H3. The first-order chi connectivity index (χ1) is 6.52. The fourth-order valence-corrected chi connectivity index (χ4v) is 1.33. The van der Waals surface area contributed by atoms with Gasteiger partial charge in [-0.3, -0.25) is 4.79 Å². The summed E-state index contributed by atoms with van der Waals surface area (Å²) in [5, 5.41) is -0.481. The van der Waals surface area contributed by atoms with E-state index in [1.165, 1.54) is 0 Å². The molecule has 0 N–H and O–H groups in total. The number of rotatable bonds is 3. The SMILES string of the molecule is Cc1ccc(C)c(OCC(=O)Cl)c1C. The number of halogens is 1. The summed E-state index contributed by atoms with van der Waals surface area (Å²) in [5.41, 5.74) is 3.22. The summed E-state index contributed by atoms with van der Waals surface area (Å²) in [7, 11) is 0. The third-order valence-corrected chi connectivity index (χ3v) is 2.31. The highest BCUT2D eigenvalue weighted by molar-refractivity contribution is 6.63. The Labute approximate surface area is 88.8 Å². The predicted molar refractivity (Wildman–Crippen MR) is 57.0 cm³/mol. The van der Waals surface area contributed by atoms with Crippen molar-refractivity contribution in [2.24, 2.45) is 0 Å². The van der Waals surface area contributed by atoms with Crippen molar-refractivity contribution in [2.45, 2.75) is 20.8 Å². The highest BCUT2D eigenvalue weighted by Crippen LogP contribution is 2.25. The molecule has 1 aromatic carbocycles. The number of hydrogen-bond acceptors (Lipinski definition) is 2. The van der Waals surface area contributed by atoms with Crippen LogP contribution in [0.3, 0.4) is 0 Å². The van der Waals surface area contributed by atoms with E-state index in [9.17, 15) is 4.79 Å². The van der Waals surface area contributed by atoms with Crippen LogP contribution in [0.25, 0.3) is 0 Å². The van der Waals surface area contributed by atoms with Gasteiger partial charge in [-0.05, 0) is 49.1 Å². The van der Waals surface area contributed by atoms with Gasteiger partial charge in [-0.25, -0.2) is 0 Å². The third kappa shape index (κ3) is 2.48. The smallest absolute Gasteiger partial charge is 0.259 e. The Morgan fingerprint density at radius 3 is 2.43 bits per heavy atom. The average Bonchev–Trinajstić information content (AvgIpc) is 2.11. The van der Waals surface area contributed by atoms with Crippen LogP contribution in [0.5, 0.6) is 5.75 Å². The minimum absolute atomic E-state index is 0.0767. The molecule has 0 spiro atoms. The molecular formula is C11H13ClO2. The minimum Gasteiger partial charge on any atom is -0.484 e. The van der Waals surface area contributed by atoms with Crippen LogP contribution in [-0.2, 0) is 4.79 Å². The molecule has 0 heterocycles. The molecule has 14 heavy (non-hydrogen) atoms. The zero-order chi connectivity index (χ0) is 10.7. The number of aryl methyl sites for hydroxylation is 2. The molecule has 1 aromatic rings. The van der Waals surface area contributed by atoms with E-state index in [1.807, 2.05) is 32.9 Å². The lowest BCUT2D eigenvalue weighted by molar-refractivity contribution is -0.113. The lowest BCUT2D eigenvalue weighted by Crippen LogP contribution is -2.07. The minimum atomic E-state index is -0.481. The Hall–Kier alpha value is -1.02. The summed E-state index contributed by atoms with van der Waals surface area (Å²) in [6.07, 6.45) is 0. The molecule has 3 heteroatoms. The Morgan fingerprint density at radius 2 is 1.86 bits per heavy atom. The van der Waals surface area contributed by atoms with Crippen molar-refractivity contribution < 1.29 is 9.53 Å². The van der Waals surface area contributed by atoms with Crippen molar-refractivity contribution in [3.05, 3.63) is 28.8 Å². The van der Waals surface area contributed by atoms with Crippen LogP contribution in [0.2, 0.25) is 0 Å². The topological polar surface area (TPSA) is 26.3 Å². The Kier molecular flexibility index (Phi) is 3.53. The molecule has 0 aliphatic heterocycles. The molecule has 0 radical (unpaired) electrons. The van der Waals surface area contributed by atoms with E-state index in [-0.39, 0.29) is 6.61 Å². The number of benzene rings is 1. The van der Waals surface area contributed by atoms with Crippen LogP contribution in [-0.4, -0.2) is 11.8 Å². The molecular weight excluding hydrogens is 200 g/mol. The van der Waals surface area contributed by atoms with Crippen LogP contribution < -0.4 is 4.74 Å². The maximum absolute atomic E-state index is 10.6. The van der Waals surface area contributed by atoms with Crippen LogP contribution >= 0.6 is 11.6 Å². The van der Waals surface area contributed by atoms with Crippen LogP contribution in [0.4, 0.5) is 0 Å². The van der Waals surface area contributed by atoms with Gasteiger partial charge in [0.2, 0.25) is 0 Å². The molecule has 76 valence electrons. The second-order valence-corrected chi connectivity index (χ2v) is 3.72. The summed E-state index contributed by atoms with van der Waals surface area (Å²) in [5.74, 6) is 0.763. The van der Waals surface area contributed by atoms with Crippen LogP contribution in [0.15, 0.2) is 12.1 Å². The van der Waals surface area contributed by atoms with Crippen molar-refractivity contribution in [2.75, 3.05) is 6.61 Å². The van der Waals surface area contributed by atoms with E-state index < -0.39 is 5.24 Å². The first-order valence-electron chi connectivity index (χ1n) is 4.40. The largest absolute Gasteiger partial charge is 0.484 e. The van der Waals surface area contributed by atoms with Gasteiger partial charge in [-0.1, -0.05) is 12.1 Å². The van der Waals surface area contributed by atoms with E-state index in [0.29, 0.717) is 0 Å². The molecule has 0 fully saturated rings. The van der Waals surface area contributed by atoms with E-state index in [1.54, 1.807) is 0 Å². The Balaban J connectivity index is 2.95. The van der Waals surface area contributed by atoms with E-state index >= 15 is 0 Å². The van der Waals surface area contributed by atoms with Gasteiger partial charge >= 0.3 is 0 Å². The van der Waals surface area contributed by atoms with Crippen molar-refractivity contribution >= 4 is 16.8 Å². The van der Waals surface area contributed by atoms with Gasteiger partial charge in [0.25, 0.3) is 5.24 Å². The molecule has 2 nitrogen and oxygen atoms in total. The van der Waals surface area contributed by atoms with Gasteiger partial charge in [0.1, 0.15) is 5.75 Å². The maximum atomic E-state index is 10.6. The fraction of sp³-hybridized carbons (Fsp3) is 0.364. The second kappa shape index (κ2) is 4.47. The lowest BCUT2D eigenvalue weighted by Gasteiger charge is -2.12. The van der Waals surface area contributed by atoms with E-state index in [2.05, 4.69) is 0 Å². The molecule has 0 atom stereocenters. The molecule has 0 aliphatic carbocycles. The first kappa shape index (κ1) is 11.1. The normalized spacial score (nSPS) is 10.0. The molecule has 0 saturated carbocycles. The lowest BCUT2D eigenvalue weighted by atomic mass is 10.1. The zero-order valence-corrected chi connectivity index (χ0v) is 9.31. The maximum Gasteiger partial charge on any atom is 0.259 e. The molecule has 0 amide bonds. The van der Waals surface area contributed by atoms with Gasteiger partial charge in [-0.2, -0.15) is 0 Å². The Bertz CT molecular complexity index is 359. The van der Waals surface area contributed by atoms with Gasteiger partial charge in [0.15, 0.2) is 6.61 Å². The first-order valence-corrected chi connectivity index (χ1v) is 4.78. The van der Waals surface area contributed by atoms with E-state index in [0.717, 1.165) is 22.4 Å². The molecule has 0 saturated heterocycles. The van der Waals surface area contributed by atoms with Gasteiger partial charge in [0, 0.05) is 0 Å². The molecule has 0 aromatic heterocycles. The van der Waals surface area contributed by atoms with Crippen molar-refractivity contribution in [3.63, 3.8) is 0 Å². The summed E-state index contributed by atoms with van der Waals surface area (Å²) in [6.45, 7) is 5.84. The van der Waals surface area contributed by atoms with Gasteiger partial charge in [0.05, 0.1) is 0 Å². The van der Waals surface area contributed by atoms with Gasteiger partial charge < -0.3 is 4.74 Å². The summed E-state index contributed by atoms with van der Waals surface area (Å²) in [6, 6.07) is 4.00. The quantitative estimate of drug-likeness (QED) is 0.721. The third-order valence-electron chi connectivity index (χ3n) is 2.20. The van der Waals surface area contributed by atoms with Crippen molar-refractivity contribution in [1.82, 2.24) is 0 Å². The highest BCUT2D eigenvalue weighted by Gasteiger charge is 2.07. The average molecular weight is 213 g/mol. The summed E-state index contributed by atoms with van der Waals surface area (Å²) >= 11 is 5.21. The van der Waals surface area contributed by atoms with Gasteiger partial charge in [-0.15, -0.1) is 0 Å². The van der Waals surface area contributed by atoms with Crippen molar-refractivity contribution in [1.29, 1.82) is 0 Å². The zero-order valence-electron chi connectivity index (χ0n) is 8.56. The fourth-order valence-electron chi connectivity index (χ4n) is 1.28. The predicted octanol–water partition coefficient (Wildman–Crippen LogP) is 2.76. The molecule has 0 aliphatic rings. The monoisotopic (exact) mass is 212 g/mol. The highest BCUT2D eigenvalue weighted by atomic mass is 35.5. The van der Waals surface area contributed by atoms with Crippen LogP contribution in [0.1, 0.15) is 16.7 Å². The molecule has 0 unspecified atom stereocenters. The van der Waals surface area contributed by atoms with Crippen molar-refractivity contribution in [3.8, 4) is 5.75 Å². The summed E-state index contributed by atoms with van der Waals surface area (Å²) in [4.78, 5) is 10.6. The summed E-state index contributed by atoms with van der Waals surface area (Å²) < 4.78 is 5.33. The second-order valence-electron chi connectivity index (χ2n) is 3.30. The number of carbonyl (C=O) groups excluding carboxylic acids is 1. The number of hydrogen-bond donors (Lipinski definition) is 0. The number of ether oxygens (including phenoxy) is 1. The number of carbonyl (C=O) groups is 1. The molecule has 0 bridgehead atoms. The van der Waals surface area contributed by atoms with E-state index in [4.69, 9.17) is 16.3 Å². The Morgan fingerprint density at radius 1 is 1.29 bits per heavy atom. The molecule has 1 rings (SSSR count). The van der Waals surface area contributed by atoms with Crippen LogP contribution in [0, 0.1) is 20.8 Å².